The van der Waals surface area contributed by atoms with Crippen molar-refractivity contribution in [3.05, 3.63) is 102 Å². The van der Waals surface area contributed by atoms with Crippen molar-refractivity contribution in [1.29, 1.82) is 0 Å². The van der Waals surface area contributed by atoms with E-state index >= 15 is 0 Å². The van der Waals surface area contributed by atoms with Crippen LogP contribution in [0.15, 0.2) is 90.3 Å². The molecule has 1 N–H and O–H groups in total. The van der Waals surface area contributed by atoms with E-state index in [2.05, 4.69) is 5.16 Å². The minimum atomic E-state index is 0. The van der Waals surface area contributed by atoms with Crippen LogP contribution in [0.2, 0.25) is 0 Å². The Morgan fingerprint density at radius 3 is 2.04 bits per heavy atom. The van der Waals surface area contributed by atoms with Crippen molar-refractivity contribution in [1.82, 2.24) is 4.90 Å². The van der Waals surface area contributed by atoms with Crippen LogP contribution >= 0.6 is 0 Å². The number of carbonyl (C=O) groups is 1. The number of hydrogen-bond donors (Lipinski definition) is 1. The number of aromatic nitrogens is 1. The quantitative estimate of drug-likeness (QED) is 0.265. The van der Waals surface area contributed by atoms with Gasteiger partial charge in [0.15, 0.2) is 12.4 Å². The fraction of sp³-hybridized carbons (Fsp3) is 0.136. The summed E-state index contributed by atoms with van der Waals surface area (Å²) in [7, 11) is 0. The van der Waals surface area contributed by atoms with Gasteiger partial charge >= 0.3 is 0 Å². The highest BCUT2D eigenvalue weighted by Gasteiger charge is 2.19. The van der Waals surface area contributed by atoms with E-state index in [-0.39, 0.29) is 24.9 Å². The first kappa shape index (κ1) is 21.1. The first-order chi connectivity index (χ1) is 13.2. The molecule has 144 valence electrons. The Labute approximate surface area is 171 Å². The zero-order valence-electron chi connectivity index (χ0n) is 15.4. The van der Waals surface area contributed by atoms with E-state index in [4.69, 9.17) is 5.21 Å². The molecule has 2 aromatic carbocycles. The molecule has 3 rings (SSSR count). The Hall–Kier alpha value is -3.18. The molecule has 0 aliphatic rings. The number of oxime groups is 1. The molecular weight excluding hydrogens is 374 g/mol. The van der Waals surface area contributed by atoms with Gasteiger partial charge in [-0.2, -0.15) is 4.57 Å². The maximum Gasteiger partial charge on any atom is 0.289 e. The first-order valence-corrected chi connectivity index (χ1v) is 8.77. The molecule has 1 aromatic heterocycles. The number of nitrogens with zero attached hydrogens (tertiary/aromatic N) is 3. The van der Waals surface area contributed by atoms with Crippen molar-refractivity contribution in [2.45, 2.75) is 19.6 Å². The largest absolute Gasteiger partial charge is 1.00 e. The van der Waals surface area contributed by atoms with Gasteiger partial charge in [-0.1, -0.05) is 65.8 Å². The van der Waals surface area contributed by atoms with Crippen molar-refractivity contribution in [3.8, 4) is 0 Å². The Kier molecular flexibility index (Phi) is 8.18. The fourth-order valence-electron chi connectivity index (χ4n) is 2.88. The zero-order valence-corrected chi connectivity index (χ0v) is 16.1. The molecule has 28 heavy (non-hydrogen) atoms. The Morgan fingerprint density at radius 1 is 0.929 bits per heavy atom. The maximum absolute atomic E-state index is 13.0. The summed E-state index contributed by atoms with van der Waals surface area (Å²) < 4.78 is 1.79. The molecule has 0 saturated heterocycles. The molecule has 0 aliphatic carbocycles. The monoisotopic (exact) mass is 395 g/mol. The third-order valence-corrected chi connectivity index (χ3v) is 4.19. The van der Waals surface area contributed by atoms with Crippen molar-refractivity contribution in [2.75, 3.05) is 0 Å². The first-order valence-electron chi connectivity index (χ1n) is 8.77. The second kappa shape index (κ2) is 10.8. The van der Waals surface area contributed by atoms with E-state index in [0.29, 0.717) is 13.1 Å². The summed E-state index contributed by atoms with van der Waals surface area (Å²) in [5.41, 5.74) is 2.91. The van der Waals surface area contributed by atoms with Crippen LogP contribution in [0, 0.1) is 0 Å². The Balaban J connectivity index is 0.00000280. The van der Waals surface area contributed by atoms with Gasteiger partial charge in [-0.3, -0.25) is 4.79 Å². The summed E-state index contributed by atoms with van der Waals surface area (Å²) in [6.07, 6.45) is 4.95. The van der Waals surface area contributed by atoms with Crippen molar-refractivity contribution >= 4 is 12.1 Å². The predicted octanol–water partition coefficient (Wildman–Crippen LogP) is 0.0152. The Bertz CT molecular complexity index is 860. The molecule has 0 spiro atoms. The van der Waals surface area contributed by atoms with E-state index in [0.717, 1.165) is 16.7 Å². The summed E-state index contributed by atoms with van der Waals surface area (Å²) in [4.78, 5) is 14.9. The van der Waals surface area contributed by atoms with Gasteiger partial charge in [0.2, 0.25) is 6.54 Å². The standard InChI is InChI=1S/C22H21N3O2.ClH/c26-22(18-24-13-7-12-21(15-24)14-23-27)25(16-19-8-3-1-4-9-19)17-20-10-5-2-6-11-20;/h1-15H,16-18H2;1H. The number of rotatable bonds is 7. The molecule has 0 atom stereocenters. The van der Waals surface area contributed by atoms with Gasteiger partial charge in [-0.05, 0) is 17.2 Å². The molecule has 0 aliphatic heterocycles. The second-order valence-electron chi connectivity index (χ2n) is 6.28. The van der Waals surface area contributed by atoms with Crippen LogP contribution in [0.3, 0.4) is 0 Å². The van der Waals surface area contributed by atoms with Crippen LogP contribution in [0.4, 0.5) is 0 Å². The lowest BCUT2D eigenvalue weighted by Crippen LogP contribution is -3.00. The van der Waals surface area contributed by atoms with Crippen LogP contribution in [-0.2, 0) is 24.4 Å². The van der Waals surface area contributed by atoms with E-state index in [1.54, 1.807) is 10.8 Å². The lowest BCUT2D eigenvalue weighted by molar-refractivity contribution is -0.685. The number of carbonyl (C=O) groups excluding carboxylic acids is 1. The predicted molar refractivity (Wildman–Crippen MR) is 103 cm³/mol. The zero-order chi connectivity index (χ0) is 18.9. The Morgan fingerprint density at radius 2 is 1.50 bits per heavy atom. The number of amides is 1. The highest BCUT2D eigenvalue weighted by Crippen LogP contribution is 2.10. The number of halogens is 1. The summed E-state index contributed by atoms with van der Waals surface area (Å²) in [5.74, 6) is 0.0193. The van der Waals surface area contributed by atoms with E-state index in [9.17, 15) is 4.79 Å². The molecule has 0 bridgehead atoms. The van der Waals surface area contributed by atoms with Crippen molar-refractivity contribution < 1.29 is 27.0 Å². The highest BCUT2D eigenvalue weighted by atomic mass is 35.5. The van der Waals surface area contributed by atoms with Crippen LogP contribution in [0.25, 0.3) is 0 Å². The fourth-order valence-corrected chi connectivity index (χ4v) is 2.88. The molecule has 3 aromatic rings. The molecule has 0 unspecified atom stereocenters. The van der Waals surface area contributed by atoms with Crippen LogP contribution in [-0.4, -0.2) is 22.2 Å². The van der Waals surface area contributed by atoms with Gasteiger partial charge in [-0.25, -0.2) is 0 Å². The molecule has 0 saturated carbocycles. The molecule has 0 radical (unpaired) electrons. The minimum absolute atomic E-state index is 0. The van der Waals surface area contributed by atoms with Gasteiger partial charge in [-0.15, -0.1) is 0 Å². The normalized spacial score (nSPS) is 10.4. The summed E-state index contributed by atoms with van der Waals surface area (Å²) in [5, 5.41) is 11.7. The minimum Gasteiger partial charge on any atom is -1.00 e. The van der Waals surface area contributed by atoms with E-state index in [1.807, 2.05) is 83.9 Å². The van der Waals surface area contributed by atoms with Crippen LogP contribution in [0.5, 0.6) is 0 Å². The maximum atomic E-state index is 13.0. The highest BCUT2D eigenvalue weighted by molar-refractivity contribution is 5.78. The summed E-state index contributed by atoms with van der Waals surface area (Å²) in [6, 6.07) is 23.6. The number of pyridine rings is 1. The lowest BCUT2D eigenvalue weighted by Gasteiger charge is -2.22. The lowest BCUT2D eigenvalue weighted by atomic mass is 10.1. The summed E-state index contributed by atoms with van der Waals surface area (Å²) >= 11 is 0. The SMILES string of the molecule is O=C(C[n+]1cccc(C=NO)c1)N(Cc1ccccc1)Cc1ccccc1.[Cl-]. The van der Waals surface area contributed by atoms with Crippen molar-refractivity contribution in [2.24, 2.45) is 5.16 Å². The molecule has 1 amide bonds. The van der Waals surface area contributed by atoms with Gasteiger partial charge in [0, 0.05) is 19.2 Å². The third-order valence-electron chi connectivity index (χ3n) is 4.19. The second-order valence-corrected chi connectivity index (χ2v) is 6.28. The smallest absolute Gasteiger partial charge is 0.289 e. The summed E-state index contributed by atoms with van der Waals surface area (Å²) in [6.45, 7) is 1.31. The number of benzene rings is 2. The van der Waals surface area contributed by atoms with Crippen molar-refractivity contribution in [3.63, 3.8) is 0 Å². The van der Waals surface area contributed by atoms with Gasteiger partial charge in [0.25, 0.3) is 5.91 Å². The van der Waals surface area contributed by atoms with Gasteiger partial charge in [0.1, 0.15) is 0 Å². The van der Waals surface area contributed by atoms with Gasteiger partial charge < -0.3 is 22.5 Å². The molecule has 5 nitrogen and oxygen atoms in total. The van der Waals surface area contributed by atoms with Crippen LogP contribution < -0.4 is 17.0 Å². The van der Waals surface area contributed by atoms with Gasteiger partial charge in [0.05, 0.1) is 11.8 Å². The molecule has 6 heteroatoms. The molecular formula is C22H22ClN3O2. The van der Waals surface area contributed by atoms with E-state index < -0.39 is 0 Å². The average Bonchev–Trinajstić information content (AvgIpc) is 2.70. The molecule has 1 heterocycles. The van der Waals surface area contributed by atoms with Crippen LogP contribution in [0.1, 0.15) is 16.7 Å². The topological polar surface area (TPSA) is 56.8 Å². The average molecular weight is 396 g/mol. The van der Waals surface area contributed by atoms with E-state index in [1.165, 1.54) is 6.21 Å². The number of hydrogen-bond acceptors (Lipinski definition) is 3. The third kappa shape index (κ3) is 6.21. The molecule has 0 fully saturated rings.